The molecule has 0 atom stereocenters. The van der Waals surface area contributed by atoms with Gasteiger partial charge in [0.25, 0.3) is 5.91 Å². The van der Waals surface area contributed by atoms with Crippen LogP contribution in [0, 0.1) is 5.82 Å². The second kappa shape index (κ2) is 5.87. The molecule has 6 heteroatoms. The van der Waals surface area contributed by atoms with Crippen LogP contribution in [0.15, 0.2) is 36.7 Å². The molecule has 0 spiro atoms. The average Bonchev–Trinajstić information content (AvgIpc) is 2.40. The van der Waals surface area contributed by atoms with Gasteiger partial charge in [0, 0.05) is 17.9 Å². The maximum atomic E-state index is 13.5. The topological polar surface area (TPSA) is 66.9 Å². The van der Waals surface area contributed by atoms with E-state index in [0.717, 1.165) is 0 Å². The fourth-order valence-electron chi connectivity index (χ4n) is 1.60. The van der Waals surface area contributed by atoms with E-state index in [1.165, 1.54) is 24.5 Å². The number of carbonyl (C=O) groups excluding carboxylic acids is 1. The number of halogens is 1. The summed E-state index contributed by atoms with van der Waals surface area (Å²) in [4.78, 5) is 20.1. The molecule has 1 aromatic carbocycles. The van der Waals surface area contributed by atoms with Gasteiger partial charge in [-0.3, -0.25) is 4.79 Å². The van der Waals surface area contributed by atoms with Gasteiger partial charge in [0.05, 0.1) is 11.3 Å². The van der Waals surface area contributed by atoms with Gasteiger partial charge in [-0.05, 0) is 32.9 Å². The Labute approximate surface area is 122 Å². The number of nitrogens with one attached hydrogen (secondary N) is 2. The fraction of sp³-hybridized carbons (Fsp3) is 0.267. The number of carbonyl (C=O) groups is 1. The van der Waals surface area contributed by atoms with Crippen molar-refractivity contribution in [1.29, 1.82) is 0 Å². The van der Waals surface area contributed by atoms with Crippen molar-refractivity contribution in [2.45, 2.75) is 26.3 Å². The highest BCUT2D eigenvalue weighted by Crippen LogP contribution is 2.14. The van der Waals surface area contributed by atoms with E-state index >= 15 is 0 Å². The number of nitrogens with zero attached hydrogens (tertiary/aromatic N) is 2. The van der Waals surface area contributed by atoms with Gasteiger partial charge in [0.2, 0.25) is 5.95 Å². The Kier molecular flexibility index (Phi) is 4.16. The Morgan fingerprint density at radius 3 is 2.33 bits per heavy atom. The zero-order valence-corrected chi connectivity index (χ0v) is 12.1. The van der Waals surface area contributed by atoms with Crippen molar-refractivity contribution in [3.63, 3.8) is 0 Å². The maximum absolute atomic E-state index is 13.5. The van der Waals surface area contributed by atoms with Crippen LogP contribution in [0.4, 0.5) is 16.0 Å². The molecule has 110 valence electrons. The molecule has 1 aromatic heterocycles. The number of benzene rings is 1. The van der Waals surface area contributed by atoms with Gasteiger partial charge in [0.1, 0.15) is 5.82 Å². The number of anilines is 2. The third kappa shape index (κ3) is 4.24. The van der Waals surface area contributed by atoms with Gasteiger partial charge in [-0.15, -0.1) is 0 Å². The highest BCUT2D eigenvalue weighted by Gasteiger charge is 2.13. The van der Waals surface area contributed by atoms with Crippen molar-refractivity contribution in [3.8, 4) is 0 Å². The van der Waals surface area contributed by atoms with E-state index in [2.05, 4.69) is 20.6 Å². The van der Waals surface area contributed by atoms with Gasteiger partial charge >= 0.3 is 0 Å². The first-order valence-electron chi connectivity index (χ1n) is 6.51. The third-order valence-electron chi connectivity index (χ3n) is 2.52. The average molecular weight is 288 g/mol. The summed E-state index contributed by atoms with van der Waals surface area (Å²) in [6, 6.07) is 5.97. The number of para-hydroxylation sites is 1. The number of amides is 1. The van der Waals surface area contributed by atoms with Crippen LogP contribution in [0.2, 0.25) is 0 Å². The predicted octanol–water partition coefficient (Wildman–Crippen LogP) is 3.08. The molecule has 0 aliphatic carbocycles. The molecular weight excluding hydrogens is 271 g/mol. The first-order valence-corrected chi connectivity index (χ1v) is 6.51. The summed E-state index contributed by atoms with van der Waals surface area (Å²) < 4.78 is 13.5. The summed E-state index contributed by atoms with van der Waals surface area (Å²) in [7, 11) is 0. The minimum Gasteiger partial charge on any atom is -0.350 e. The van der Waals surface area contributed by atoms with Crippen LogP contribution in [0.5, 0.6) is 0 Å². The summed E-state index contributed by atoms with van der Waals surface area (Å²) in [5.41, 5.74) is 0.217. The molecule has 0 saturated heterocycles. The van der Waals surface area contributed by atoms with E-state index in [4.69, 9.17) is 0 Å². The molecule has 0 aliphatic heterocycles. The van der Waals surface area contributed by atoms with Crippen molar-refractivity contribution < 1.29 is 9.18 Å². The largest absolute Gasteiger partial charge is 0.350 e. The molecule has 2 N–H and O–H groups in total. The molecule has 0 bridgehead atoms. The van der Waals surface area contributed by atoms with Gasteiger partial charge in [-0.2, -0.15) is 0 Å². The van der Waals surface area contributed by atoms with E-state index in [1.807, 2.05) is 20.8 Å². The summed E-state index contributed by atoms with van der Waals surface area (Å²) in [5, 5.41) is 5.57. The Morgan fingerprint density at radius 1 is 1.14 bits per heavy atom. The molecule has 0 aliphatic rings. The van der Waals surface area contributed by atoms with Crippen LogP contribution in [-0.4, -0.2) is 21.4 Å². The molecule has 2 rings (SSSR count). The number of hydrogen-bond donors (Lipinski definition) is 2. The second-order valence-electron chi connectivity index (χ2n) is 5.60. The van der Waals surface area contributed by atoms with Gasteiger partial charge in [0.15, 0.2) is 0 Å². The maximum Gasteiger partial charge on any atom is 0.258 e. The minimum absolute atomic E-state index is 0.124. The molecule has 0 fully saturated rings. The van der Waals surface area contributed by atoms with Crippen molar-refractivity contribution in [2.75, 3.05) is 10.6 Å². The molecule has 1 amide bonds. The van der Waals surface area contributed by atoms with Gasteiger partial charge < -0.3 is 10.6 Å². The van der Waals surface area contributed by atoms with Crippen LogP contribution < -0.4 is 10.6 Å². The van der Waals surface area contributed by atoms with Gasteiger partial charge in [-0.1, -0.05) is 12.1 Å². The van der Waals surface area contributed by atoms with Crippen LogP contribution in [0.1, 0.15) is 31.1 Å². The molecule has 1 heterocycles. The zero-order chi connectivity index (χ0) is 15.5. The number of rotatable bonds is 3. The highest BCUT2D eigenvalue weighted by atomic mass is 19.1. The van der Waals surface area contributed by atoms with Crippen molar-refractivity contribution in [3.05, 3.63) is 48.0 Å². The van der Waals surface area contributed by atoms with E-state index < -0.39 is 11.7 Å². The lowest BCUT2D eigenvalue weighted by Gasteiger charge is -2.20. The lowest BCUT2D eigenvalue weighted by molar-refractivity contribution is 0.102. The van der Waals surface area contributed by atoms with Crippen molar-refractivity contribution in [2.24, 2.45) is 0 Å². The normalized spacial score (nSPS) is 11.0. The second-order valence-corrected chi connectivity index (χ2v) is 5.60. The number of aromatic nitrogens is 2. The first-order chi connectivity index (χ1) is 9.85. The summed E-state index contributed by atoms with van der Waals surface area (Å²) in [6.07, 6.45) is 2.80. The zero-order valence-electron chi connectivity index (χ0n) is 12.1. The summed E-state index contributed by atoms with van der Waals surface area (Å²) in [6.45, 7) is 5.94. The Balaban J connectivity index is 2.08. The fourth-order valence-corrected chi connectivity index (χ4v) is 1.60. The molecule has 2 aromatic rings. The van der Waals surface area contributed by atoms with Crippen LogP contribution in [0.3, 0.4) is 0 Å². The number of hydrogen-bond acceptors (Lipinski definition) is 4. The SMILES string of the molecule is CC(C)(C)Nc1ncc(C(=O)Nc2ccccc2F)cn1. The van der Waals surface area contributed by atoms with Crippen LogP contribution >= 0.6 is 0 Å². The first kappa shape index (κ1) is 14.9. The quantitative estimate of drug-likeness (QED) is 0.911. The molecule has 5 nitrogen and oxygen atoms in total. The molecular formula is C15H17FN4O. The van der Waals surface area contributed by atoms with E-state index in [1.54, 1.807) is 12.1 Å². The lowest BCUT2D eigenvalue weighted by atomic mass is 10.1. The highest BCUT2D eigenvalue weighted by molar-refractivity contribution is 6.03. The lowest BCUT2D eigenvalue weighted by Crippen LogP contribution is -2.27. The van der Waals surface area contributed by atoms with Crippen molar-refractivity contribution >= 4 is 17.5 Å². The summed E-state index contributed by atoms with van der Waals surface area (Å²) in [5.74, 6) is -0.509. The predicted molar refractivity (Wildman–Crippen MR) is 79.8 cm³/mol. The van der Waals surface area contributed by atoms with Crippen LogP contribution in [-0.2, 0) is 0 Å². The smallest absolute Gasteiger partial charge is 0.258 e. The van der Waals surface area contributed by atoms with Gasteiger partial charge in [-0.25, -0.2) is 14.4 Å². The van der Waals surface area contributed by atoms with Crippen LogP contribution in [0.25, 0.3) is 0 Å². The molecule has 0 saturated carbocycles. The monoisotopic (exact) mass is 288 g/mol. The third-order valence-corrected chi connectivity index (χ3v) is 2.52. The summed E-state index contributed by atoms with van der Waals surface area (Å²) >= 11 is 0. The van der Waals surface area contributed by atoms with Crippen molar-refractivity contribution in [1.82, 2.24) is 9.97 Å². The van der Waals surface area contributed by atoms with E-state index in [0.29, 0.717) is 5.95 Å². The Bertz CT molecular complexity index is 635. The Hall–Kier alpha value is -2.50. The molecule has 0 unspecified atom stereocenters. The molecule has 0 radical (unpaired) electrons. The standard InChI is InChI=1S/C15H17FN4O/c1-15(2,3)20-14-17-8-10(9-18-14)13(21)19-12-7-5-4-6-11(12)16/h4-9H,1-3H3,(H,19,21)(H,17,18,20). The van der Waals surface area contributed by atoms with E-state index in [-0.39, 0.29) is 16.8 Å². The van der Waals surface area contributed by atoms with E-state index in [9.17, 15) is 9.18 Å². The Morgan fingerprint density at radius 2 is 1.76 bits per heavy atom. The minimum atomic E-state index is -0.488. The molecule has 21 heavy (non-hydrogen) atoms.